The number of benzene rings is 3. The molecule has 4 aliphatic rings. The smallest absolute Gasteiger partial charge is 0.199 e. The maximum absolute atomic E-state index is 6.68. The lowest BCUT2D eigenvalue weighted by atomic mass is 9.88. The highest BCUT2D eigenvalue weighted by molar-refractivity contribution is 6.09. The number of nitrogens with zero attached hydrogens (tertiary/aromatic N) is 6. The van der Waals surface area contributed by atoms with Gasteiger partial charge in [0, 0.05) is 52.0 Å². The standard InChI is InChI=1S/C45H42N6O/c1-43(2)19-23-47-31-50(42-30-45(5,6)21-25-49(42)41-29-44(3,4)20-24-48(41)40(47)28-43)32-12-11-13-33(26-32)52-34-17-18-36-35-14-7-8-15-37(35)51(38(36)27-34)39-16-9-10-22-46-39/h7-30H,1-6H3. The number of allylic oxidation sites excluding steroid dienone is 6. The minimum Gasteiger partial charge on any atom is -0.458 e. The van der Waals surface area contributed by atoms with Gasteiger partial charge in [-0.05, 0) is 66.1 Å². The van der Waals surface area contributed by atoms with Crippen molar-refractivity contribution in [3.63, 3.8) is 0 Å². The summed E-state index contributed by atoms with van der Waals surface area (Å²) in [6.45, 7) is 13.4. The van der Waals surface area contributed by atoms with Crippen molar-refractivity contribution in [2.45, 2.75) is 41.5 Å². The zero-order chi connectivity index (χ0) is 35.8. The number of anilines is 1. The van der Waals surface area contributed by atoms with Crippen molar-refractivity contribution < 1.29 is 9.31 Å². The van der Waals surface area contributed by atoms with E-state index in [0.717, 1.165) is 56.9 Å². The Morgan fingerprint density at radius 1 is 0.635 bits per heavy atom. The van der Waals surface area contributed by atoms with E-state index in [0.29, 0.717) is 0 Å². The molecule has 0 bridgehead atoms. The summed E-state index contributed by atoms with van der Waals surface area (Å²) in [5.41, 5.74) is 2.65. The number of hydrogen-bond acceptors (Lipinski definition) is 5. The molecule has 0 amide bonds. The first kappa shape index (κ1) is 31.9. The molecule has 0 unspecified atom stereocenters. The molecule has 7 heteroatoms. The van der Waals surface area contributed by atoms with E-state index in [1.807, 2.05) is 42.6 Å². The highest BCUT2D eigenvalue weighted by Crippen LogP contribution is 2.43. The second-order valence-corrected chi connectivity index (χ2v) is 15.8. The van der Waals surface area contributed by atoms with Gasteiger partial charge in [0.1, 0.15) is 23.1 Å². The predicted molar refractivity (Wildman–Crippen MR) is 210 cm³/mol. The lowest BCUT2D eigenvalue weighted by Gasteiger charge is -2.45. The lowest BCUT2D eigenvalue weighted by molar-refractivity contribution is -0.420. The van der Waals surface area contributed by atoms with Gasteiger partial charge in [0.05, 0.1) is 17.2 Å². The highest BCUT2D eigenvalue weighted by atomic mass is 16.5. The Bertz CT molecular complexity index is 2490. The molecular weight excluding hydrogens is 641 g/mol. The monoisotopic (exact) mass is 682 g/mol. The van der Waals surface area contributed by atoms with Crippen LogP contribution in [0.25, 0.3) is 27.6 Å². The van der Waals surface area contributed by atoms with E-state index < -0.39 is 0 Å². The molecule has 0 spiro atoms. The van der Waals surface area contributed by atoms with Gasteiger partial charge in [0.15, 0.2) is 18.0 Å². The summed E-state index contributed by atoms with van der Waals surface area (Å²) in [6.07, 6.45) is 25.8. The Hall–Kier alpha value is -6.08. The van der Waals surface area contributed by atoms with E-state index in [1.54, 1.807) is 0 Å². The maximum atomic E-state index is 6.68. The van der Waals surface area contributed by atoms with Crippen LogP contribution in [0.2, 0.25) is 0 Å². The summed E-state index contributed by atoms with van der Waals surface area (Å²) in [6, 6.07) is 29.0. The topological polar surface area (TPSA) is 39.8 Å². The normalized spacial score (nSPS) is 19.5. The SMILES string of the molecule is CC1(C)C=CN2C(=C1)N1C=CC(C)(C)C=C1N(c1cccc(Oc3ccc4c5ccccc5n(-c5ccccn5)c4c3)c1)[C-]=[N+]1C=CC(C)(C)C=C21. The van der Waals surface area contributed by atoms with E-state index in [2.05, 4.69) is 175 Å². The van der Waals surface area contributed by atoms with E-state index in [-0.39, 0.29) is 16.2 Å². The van der Waals surface area contributed by atoms with Crippen molar-refractivity contribution in [3.8, 4) is 17.3 Å². The maximum Gasteiger partial charge on any atom is 0.199 e. The molecule has 0 fully saturated rings. The lowest BCUT2D eigenvalue weighted by Crippen LogP contribution is -2.46. The van der Waals surface area contributed by atoms with Crippen LogP contribution in [0.5, 0.6) is 11.5 Å². The first-order valence-electron chi connectivity index (χ1n) is 17.9. The van der Waals surface area contributed by atoms with Crippen molar-refractivity contribution in [1.82, 2.24) is 19.4 Å². The summed E-state index contributed by atoms with van der Waals surface area (Å²) in [5.74, 6) is 5.43. The molecule has 4 aliphatic heterocycles. The average molecular weight is 683 g/mol. The zero-order valence-electron chi connectivity index (χ0n) is 30.4. The number of fused-ring (bicyclic) bond motifs is 8. The first-order valence-corrected chi connectivity index (χ1v) is 17.9. The fourth-order valence-electron chi connectivity index (χ4n) is 7.31. The quantitative estimate of drug-likeness (QED) is 0.139. The molecule has 0 atom stereocenters. The average Bonchev–Trinajstić information content (AvgIpc) is 3.44. The highest BCUT2D eigenvalue weighted by Gasteiger charge is 2.37. The number of ether oxygens (including phenoxy) is 1. The number of hydrogen-bond donors (Lipinski definition) is 0. The summed E-state index contributed by atoms with van der Waals surface area (Å²) in [7, 11) is 0. The van der Waals surface area contributed by atoms with E-state index in [1.165, 1.54) is 5.39 Å². The summed E-state index contributed by atoms with van der Waals surface area (Å²) < 4.78 is 11.0. The molecule has 3 aromatic carbocycles. The van der Waals surface area contributed by atoms with Gasteiger partial charge in [0.25, 0.3) is 0 Å². The molecule has 0 N–H and O–H groups in total. The summed E-state index contributed by atoms with van der Waals surface area (Å²) in [4.78, 5) is 11.4. The van der Waals surface area contributed by atoms with Gasteiger partial charge >= 0.3 is 0 Å². The predicted octanol–water partition coefficient (Wildman–Crippen LogP) is 10.5. The van der Waals surface area contributed by atoms with Crippen LogP contribution in [0.1, 0.15) is 41.5 Å². The number of para-hydroxylation sites is 1. The van der Waals surface area contributed by atoms with Crippen molar-refractivity contribution in [2.24, 2.45) is 16.2 Å². The fourth-order valence-corrected chi connectivity index (χ4v) is 7.31. The van der Waals surface area contributed by atoms with Crippen molar-refractivity contribution in [2.75, 3.05) is 4.90 Å². The molecule has 0 radical (unpaired) electrons. The molecule has 9 rings (SSSR count). The molecule has 5 aromatic rings. The molecule has 0 aliphatic carbocycles. The second-order valence-electron chi connectivity index (χ2n) is 15.8. The van der Waals surface area contributed by atoms with Crippen LogP contribution in [0.15, 0.2) is 164 Å². The van der Waals surface area contributed by atoms with Gasteiger partial charge in [0.2, 0.25) is 0 Å². The van der Waals surface area contributed by atoms with Crippen LogP contribution in [0.3, 0.4) is 0 Å². The van der Waals surface area contributed by atoms with E-state index >= 15 is 0 Å². The summed E-state index contributed by atoms with van der Waals surface area (Å²) >= 11 is 0. The van der Waals surface area contributed by atoms with Crippen molar-refractivity contribution in [1.29, 1.82) is 0 Å². The minimum atomic E-state index is -0.176. The van der Waals surface area contributed by atoms with Crippen LogP contribution in [-0.2, 0) is 0 Å². The number of aromatic nitrogens is 2. The van der Waals surface area contributed by atoms with Gasteiger partial charge in [-0.2, -0.15) is 0 Å². The molecule has 7 nitrogen and oxygen atoms in total. The molecule has 258 valence electrons. The Kier molecular flexibility index (Phi) is 7.03. The van der Waals surface area contributed by atoms with Crippen LogP contribution >= 0.6 is 0 Å². The second kappa shape index (κ2) is 11.5. The minimum absolute atomic E-state index is 0.126. The van der Waals surface area contributed by atoms with Crippen molar-refractivity contribution in [3.05, 3.63) is 164 Å². The third kappa shape index (κ3) is 5.53. The van der Waals surface area contributed by atoms with Crippen molar-refractivity contribution >= 4 is 33.8 Å². The summed E-state index contributed by atoms with van der Waals surface area (Å²) in [5, 5.41) is 2.33. The zero-order valence-corrected chi connectivity index (χ0v) is 30.4. The Balaban J connectivity index is 1.16. The molecule has 52 heavy (non-hydrogen) atoms. The van der Waals surface area contributed by atoms with Crippen LogP contribution in [0.4, 0.5) is 5.69 Å². The largest absolute Gasteiger partial charge is 0.458 e. The number of rotatable bonds is 4. The Labute approximate surface area is 305 Å². The first-order chi connectivity index (χ1) is 24.9. The van der Waals surface area contributed by atoms with Crippen LogP contribution in [-0.4, -0.2) is 30.3 Å². The molecule has 2 aromatic heterocycles. The van der Waals surface area contributed by atoms with Gasteiger partial charge in [-0.1, -0.05) is 96.2 Å². The third-order valence-corrected chi connectivity index (χ3v) is 9.97. The third-order valence-electron chi connectivity index (χ3n) is 9.97. The number of pyridine rings is 1. The van der Waals surface area contributed by atoms with Gasteiger partial charge in [-0.25, -0.2) is 4.98 Å². The van der Waals surface area contributed by atoms with Gasteiger partial charge in [-0.15, -0.1) is 0 Å². The van der Waals surface area contributed by atoms with Gasteiger partial charge < -0.3 is 14.2 Å². The van der Waals surface area contributed by atoms with Gasteiger partial charge in [-0.3, -0.25) is 14.4 Å². The van der Waals surface area contributed by atoms with Crippen LogP contribution in [0, 0.1) is 16.2 Å². The molecule has 0 saturated heterocycles. The van der Waals surface area contributed by atoms with Crippen LogP contribution < -0.4 is 9.64 Å². The van der Waals surface area contributed by atoms with E-state index in [9.17, 15) is 0 Å². The van der Waals surface area contributed by atoms with E-state index in [4.69, 9.17) is 9.72 Å². The Morgan fingerprint density at radius 3 is 2.15 bits per heavy atom. The molecule has 0 saturated carbocycles. The molecule has 6 heterocycles. The fraction of sp³-hybridized carbons (Fsp3) is 0.200. The molecular formula is C45H42N6O. The Morgan fingerprint density at radius 2 is 1.35 bits per heavy atom.